The van der Waals surface area contributed by atoms with Crippen LogP contribution in [-0.4, -0.2) is 64.3 Å². The molecule has 0 aliphatic carbocycles. The SMILES string of the molecule is CC1CC(C)(C)OB(C(CC2CCCN2C(=O)OC(C)(C)C)c2ccc3c(ccn3C(=O)OC(C)(C)C)c2)O1. The van der Waals surface area contributed by atoms with Crippen LogP contribution in [0, 0.1) is 0 Å². The zero-order valence-electron chi connectivity index (χ0n) is 25.1. The molecule has 4 rings (SSSR count). The lowest BCUT2D eigenvalue weighted by Gasteiger charge is -2.41. The molecule has 1 aromatic carbocycles. The summed E-state index contributed by atoms with van der Waals surface area (Å²) < 4.78 is 25.8. The Bertz CT molecular complexity index is 1190. The van der Waals surface area contributed by atoms with Gasteiger partial charge in [-0.05, 0) is 112 Å². The van der Waals surface area contributed by atoms with Crippen LogP contribution in [0.3, 0.4) is 0 Å². The third-order valence-electron chi connectivity index (χ3n) is 7.17. The van der Waals surface area contributed by atoms with E-state index < -0.39 is 24.4 Å². The fourth-order valence-electron chi connectivity index (χ4n) is 5.74. The number of fused-ring (bicyclic) bond motifs is 1. The second kappa shape index (κ2) is 10.8. The maximum atomic E-state index is 13.1. The van der Waals surface area contributed by atoms with E-state index in [9.17, 15) is 9.59 Å². The first-order valence-electron chi connectivity index (χ1n) is 14.2. The van der Waals surface area contributed by atoms with Crippen molar-refractivity contribution < 1.29 is 28.4 Å². The number of carbonyl (C=O) groups excluding carboxylic acids is 2. The lowest BCUT2D eigenvalue weighted by Crippen LogP contribution is -2.50. The van der Waals surface area contributed by atoms with Gasteiger partial charge >= 0.3 is 19.3 Å². The molecule has 2 saturated heterocycles. The summed E-state index contributed by atoms with van der Waals surface area (Å²) in [6.45, 7) is 18.2. The van der Waals surface area contributed by atoms with Crippen LogP contribution < -0.4 is 0 Å². The molecular formula is C30H45BN2O6. The second-order valence-corrected chi connectivity index (χ2v) is 13.7. The third kappa shape index (κ3) is 7.37. The summed E-state index contributed by atoms with van der Waals surface area (Å²) in [4.78, 5) is 27.7. The van der Waals surface area contributed by atoms with Crippen LogP contribution in [0.4, 0.5) is 9.59 Å². The van der Waals surface area contributed by atoms with E-state index in [1.54, 1.807) is 10.8 Å². The predicted molar refractivity (Wildman–Crippen MR) is 153 cm³/mol. The van der Waals surface area contributed by atoms with Crippen LogP contribution in [0.1, 0.15) is 99.4 Å². The van der Waals surface area contributed by atoms with Gasteiger partial charge in [0.2, 0.25) is 0 Å². The van der Waals surface area contributed by atoms with Crippen molar-refractivity contribution in [3.05, 3.63) is 36.0 Å². The Labute approximate surface area is 233 Å². The first kappa shape index (κ1) is 29.5. The average molecular weight is 541 g/mol. The number of hydrogen-bond donors (Lipinski definition) is 0. The maximum absolute atomic E-state index is 13.1. The zero-order valence-corrected chi connectivity index (χ0v) is 25.1. The lowest BCUT2D eigenvalue weighted by atomic mass is 9.63. The van der Waals surface area contributed by atoms with Crippen molar-refractivity contribution in [3.63, 3.8) is 0 Å². The lowest BCUT2D eigenvalue weighted by molar-refractivity contribution is -0.0338. The number of hydrogen-bond acceptors (Lipinski definition) is 6. The molecule has 0 N–H and O–H groups in total. The number of nitrogens with zero attached hydrogens (tertiary/aromatic N) is 2. The van der Waals surface area contributed by atoms with Gasteiger partial charge in [-0.3, -0.25) is 4.57 Å². The number of likely N-dealkylation sites (tertiary alicyclic amines) is 1. The van der Waals surface area contributed by atoms with Gasteiger partial charge in [0.15, 0.2) is 0 Å². The molecule has 0 spiro atoms. The largest absolute Gasteiger partial charge is 0.465 e. The van der Waals surface area contributed by atoms with Gasteiger partial charge < -0.3 is 23.7 Å². The highest BCUT2D eigenvalue weighted by Crippen LogP contribution is 2.38. The smallest absolute Gasteiger partial charge is 0.444 e. The third-order valence-corrected chi connectivity index (χ3v) is 7.17. The normalized spacial score (nSPS) is 22.7. The Morgan fingerprint density at radius 2 is 1.74 bits per heavy atom. The fraction of sp³-hybridized carbons (Fsp3) is 0.667. The number of benzene rings is 1. The number of ether oxygens (including phenoxy) is 2. The van der Waals surface area contributed by atoms with E-state index >= 15 is 0 Å². The Balaban J connectivity index is 1.66. The van der Waals surface area contributed by atoms with Crippen LogP contribution >= 0.6 is 0 Å². The van der Waals surface area contributed by atoms with Crippen molar-refractivity contribution in [2.45, 2.75) is 123 Å². The minimum Gasteiger partial charge on any atom is -0.444 e. The topological polar surface area (TPSA) is 79.2 Å². The molecule has 1 aromatic heterocycles. The quantitative estimate of drug-likeness (QED) is 0.392. The zero-order chi connectivity index (χ0) is 28.8. The molecular weight excluding hydrogens is 495 g/mol. The van der Waals surface area contributed by atoms with E-state index in [0.717, 1.165) is 35.7 Å². The molecule has 3 atom stereocenters. The maximum Gasteiger partial charge on any atom is 0.465 e. The summed E-state index contributed by atoms with van der Waals surface area (Å²) in [5.41, 5.74) is 0.368. The van der Waals surface area contributed by atoms with Gasteiger partial charge in [-0.15, -0.1) is 0 Å². The summed E-state index contributed by atoms with van der Waals surface area (Å²) in [5, 5.41) is 0.932. The minimum absolute atomic E-state index is 0.0134. The van der Waals surface area contributed by atoms with Crippen molar-refractivity contribution in [1.82, 2.24) is 9.47 Å². The number of amides is 1. The van der Waals surface area contributed by atoms with Gasteiger partial charge in [0.05, 0.1) is 11.1 Å². The molecule has 3 unspecified atom stereocenters. The Morgan fingerprint density at radius 3 is 2.38 bits per heavy atom. The molecule has 0 saturated carbocycles. The molecule has 0 bridgehead atoms. The van der Waals surface area contributed by atoms with Crippen molar-refractivity contribution in [1.29, 1.82) is 0 Å². The van der Waals surface area contributed by atoms with E-state index in [1.807, 2.05) is 64.6 Å². The predicted octanol–water partition coefficient (Wildman–Crippen LogP) is 6.93. The molecule has 39 heavy (non-hydrogen) atoms. The van der Waals surface area contributed by atoms with E-state index in [0.29, 0.717) is 13.0 Å². The monoisotopic (exact) mass is 540 g/mol. The van der Waals surface area contributed by atoms with Crippen LogP contribution in [-0.2, 0) is 18.8 Å². The molecule has 0 radical (unpaired) electrons. The van der Waals surface area contributed by atoms with E-state index in [-0.39, 0.29) is 29.7 Å². The Kier molecular flexibility index (Phi) is 8.17. The van der Waals surface area contributed by atoms with Crippen LogP contribution in [0.25, 0.3) is 10.9 Å². The van der Waals surface area contributed by atoms with Crippen LogP contribution in [0.5, 0.6) is 0 Å². The van der Waals surface area contributed by atoms with Crippen molar-refractivity contribution in [2.24, 2.45) is 0 Å². The fourth-order valence-corrected chi connectivity index (χ4v) is 5.74. The number of carbonyl (C=O) groups is 2. The highest BCUT2D eigenvalue weighted by molar-refractivity contribution is 6.47. The Hall–Kier alpha value is -2.52. The van der Waals surface area contributed by atoms with Gasteiger partial charge in [-0.25, -0.2) is 9.59 Å². The summed E-state index contributed by atoms with van der Waals surface area (Å²) in [7, 11) is -0.463. The minimum atomic E-state index is -0.584. The van der Waals surface area contributed by atoms with Crippen molar-refractivity contribution in [3.8, 4) is 0 Å². The van der Waals surface area contributed by atoms with E-state index in [1.165, 1.54) is 0 Å². The highest BCUT2D eigenvalue weighted by atomic mass is 16.6. The van der Waals surface area contributed by atoms with Gasteiger partial charge in [0, 0.05) is 36.1 Å². The molecule has 2 aliphatic rings. The molecule has 2 aromatic rings. The van der Waals surface area contributed by atoms with Gasteiger partial charge in [0.25, 0.3) is 0 Å². The van der Waals surface area contributed by atoms with Crippen molar-refractivity contribution in [2.75, 3.05) is 6.54 Å². The molecule has 1 amide bonds. The molecule has 9 heteroatoms. The average Bonchev–Trinajstić information content (AvgIpc) is 3.40. The van der Waals surface area contributed by atoms with Gasteiger partial charge in [0.1, 0.15) is 11.2 Å². The molecule has 214 valence electrons. The van der Waals surface area contributed by atoms with Crippen LogP contribution in [0.15, 0.2) is 30.5 Å². The number of aromatic nitrogens is 1. The van der Waals surface area contributed by atoms with Gasteiger partial charge in [-0.2, -0.15) is 0 Å². The standard InChI is InChI=1S/C30H45BN2O6/c1-20-19-30(8,9)39-31(38-20)24(18-23-11-10-15-32(23)26(34)36-28(2,3)4)21-12-13-25-22(17-21)14-16-33(25)27(35)37-29(5,6)7/h12-14,16-17,20,23-24H,10-11,15,18-19H2,1-9H3. The summed E-state index contributed by atoms with van der Waals surface area (Å²) in [6.07, 6.45) is 4.44. The molecule has 2 aliphatic heterocycles. The van der Waals surface area contributed by atoms with E-state index in [4.69, 9.17) is 18.8 Å². The number of rotatable bonds is 4. The van der Waals surface area contributed by atoms with Gasteiger partial charge in [-0.1, -0.05) is 6.07 Å². The molecule has 3 heterocycles. The van der Waals surface area contributed by atoms with E-state index in [2.05, 4.69) is 26.8 Å². The Morgan fingerprint density at radius 1 is 1.08 bits per heavy atom. The van der Waals surface area contributed by atoms with Crippen molar-refractivity contribution >= 4 is 30.2 Å². The first-order chi connectivity index (χ1) is 18.0. The summed E-state index contributed by atoms with van der Waals surface area (Å²) >= 11 is 0. The van der Waals surface area contributed by atoms with Crippen LogP contribution in [0.2, 0.25) is 0 Å². The summed E-state index contributed by atoms with van der Waals surface area (Å²) in [5.74, 6) is -0.116. The first-order valence-corrected chi connectivity index (χ1v) is 14.2. The second-order valence-electron chi connectivity index (χ2n) is 13.7. The molecule has 2 fully saturated rings. The summed E-state index contributed by atoms with van der Waals surface area (Å²) in [6, 6.07) is 8.04. The molecule has 8 nitrogen and oxygen atoms in total. The highest BCUT2D eigenvalue weighted by Gasteiger charge is 2.45.